The van der Waals surface area contributed by atoms with E-state index in [1.807, 2.05) is 4.90 Å². The molecular formula is C25H26ClN3O2. The first-order valence-electron chi connectivity index (χ1n) is 10.6. The van der Waals surface area contributed by atoms with Gasteiger partial charge in [-0.15, -0.1) is 0 Å². The molecule has 1 aliphatic heterocycles. The summed E-state index contributed by atoms with van der Waals surface area (Å²) in [6, 6.07) is 21.8. The van der Waals surface area contributed by atoms with Gasteiger partial charge in [0.05, 0.1) is 10.6 Å². The van der Waals surface area contributed by atoms with Crippen molar-refractivity contribution < 1.29 is 9.59 Å². The van der Waals surface area contributed by atoms with E-state index in [0.717, 1.165) is 19.6 Å². The molecule has 31 heavy (non-hydrogen) atoms. The molecule has 160 valence electrons. The van der Waals surface area contributed by atoms with Crippen LogP contribution >= 0.6 is 11.6 Å². The molecular weight excluding hydrogens is 410 g/mol. The van der Waals surface area contributed by atoms with Crippen LogP contribution in [0.5, 0.6) is 0 Å². The number of carbonyl (C=O) groups is 2. The second-order valence-electron chi connectivity index (χ2n) is 7.78. The van der Waals surface area contributed by atoms with Crippen molar-refractivity contribution in [1.82, 2.24) is 15.1 Å². The maximum Gasteiger partial charge on any atom is 0.252 e. The van der Waals surface area contributed by atoms with Crippen molar-refractivity contribution >= 4 is 34.2 Å². The van der Waals surface area contributed by atoms with Crippen LogP contribution in [0.25, 0.3) is 10.8 Å². The van der Waals surface area contributed by atoms with Gasteiger partial charge in [-0.1, -0.05) is 66.2 Å². The Labute approximate surface area is 187 Å². The molecule has 4 rings (SSSR count). The van der Waals surface area contributed by atoms with Crippen LogP contribution in [0.1, 0.15) is 22.3 Å². The summed E-state index contributed by atoms with van der Waals surface area (Å²) in [7, 11) is 0. The lowest BCUT2D eigenvalue weighted by Gasteiger charge is -2.35. The third-order valence-corrected chi connectivity index (χ3v) is 6.07. The number of hydrogen-bond donors (Lipinski definition) is 1. The summed E-state index contributed by atoms with van der Waals surface area (Å²) in [5.41, 5.74) is 1.75. The molecule has 5 nitrogen and oxygen atoms in total. The van der Waals surface area contributed by atoms with E-state index in [0.29, 0.717) is 36.6 Å². The minimum absolute atomic E-state index is 0.0734. The zero-order chi connectivity index (χ0) is 21.6. The van der Waals surface area contributed by atoms with Gasteiger partial charge in [0.25, 0.3) is 5.91 Å². The number of fused-ring (bicyclic) bond motifs is 1. The first-order valence-corrected chi connectivity index (χ1v) is 11.0. The zero-order valence-corrected chi connectivity index (χ0v) is 18.1. The lowest BCUT2D eigenvalue weighted by atomic mass is 10.0. The van der Waals surface area contributed by atoms with Crippen LogP contribution in [0, 0.1) is 0 Å². The minimum Gasteiger partial charge on any atom is -0.351 e. The summed E-state index contributed by atoms with van der Waals surface area (Å²) >= 11 is 6.05. The molecule has 3 aromatic carbocycles. The van der Waals surface area contributed by atoms with Crippen LogP contribution in [0.2, 0.25) is 5.02 Å². The number of nitrogens with one attached hydrogen (secondary N) is 1. The fourth-order valence-electron chi connectivity index (χ4n) is 4.01. The maximum atomic E-state index is 12.6. The molecule has 1 heterocycles. The molecule has 0 unspecified atom stereocenters. The summed E-state index contributed by atoms with van der Waals surface area (Å²) in [4.78, 5) is 29.0. The largest absolute Gasteiger partial charge is 0.351 e. The van der Waals surface area contributed by atoms with Crippen molar-refractivity contribution in [2.45, 2.75) is 13.0 Å². The number of amides is 2. The predicted molar refractivity (Wildman–Crippen MR) is 124 cm³/mol. The summed E-state index contributed by atoms with van der Waals surface area (Å²) in [6.07, 6.45) is 0.291. The molecule has 0 bridgehead atoms. The average Bonchev–Trinajstić information content (AvgIpc) is 2.80. The number of rotatable bonds is 6. The minimum atomic E-state index is -0.252. The predicted octanol–water partition coefficient (Wildman–Crippen LogP) is 3.96. The second-order valence-corrected chi connectivity index (χ2v) is 8.19. The van der Waals surface area contributed by atoms with Crippen LogP contribution in [0.15, 0.2) is 66.7 Å². The fourth-order valence-corrected chi connectivity index (χ4v) is 4.23. The van der Waals surface area contributed by atoms with Gasteiger partial charge < -0.3 is 10.2 Å². The number of halogens is 1. The normalized spacial score (nSPS) is 14.5. The Balaban J connectivity index is 1.23. The van der Waals surface area contributed by atoms with Gasteiger partial charge >= 0.3 is 0 Å². The molecule has 0 saturated carbocycles. The fraction of sp³-hybridized carbons (Fsp3) is 0.280. The summed E-state index contributed by atoms with van der Waals surface area (Å²) in [6.45, 7) is 4.31. The van der Waals surface area contributed by atoms with E-state index in [2.05, 4.69) is 52.7 Å². The van der Waals surface area contributed by atoms with E-state index in [-0.39, 0.29) is 11.8 Å². The number of nitrogens with zero attached hydrogens (tertiary/aromatic N) is 2. The molecule has 6 heteroatoms. The van der Waals surface area contributed by atoms with Crippen LogP contribution in [0.4, 0.5) is 0 Å². The topological polar surface area (TPSA) is 52.7 Å². The first kappa shape index (κ1) is 21.3. The summed E-state index contributed by atoms with van der Waals surface area (Å²) < 4.78 is 0. The molecule has 0 aromatic heterocycles. The van der Waals surface area contributed by atoms with E-state index >= 15 is 0 Å². The van der Waals surface area contributed by atoms with Crippen molar-refractivity contribution in [2.24, 2.45) is 0 Å². The molecule has 3 aromatic rings. The molecule has 1 N–H and O–H groups in total. The number of hydrogen-bond acceptors (Lipinski definition) is 3. The van der Waals surface area contributed by atoms with E-state index in [9.17, 15) is 9.59 Å². The lowest BCUT2D eigenvalue weighted by molar-refractivity contribution is -0.132. The highest BCUT2D eigenvalue weighted by Crippen LogP contribution is 2.20. The monoisotopic (exact) mass is 435 g/mol. The van der Waals surface area contributed by atoms with Crippen molar-refractivity contribution in [1.29, 1.82) is 0 Å². The van der Waals surface area contributed by atoms with Gasteiger partial charge in [0.15, 0.2) is 0 Å². The Morgan fingerprint density at radius 1 is 0.871 bits per heavy atom. The molecule has 0 radical (unpaired) electrons. The molecule has 0 atom stereocenters. The Kier molecular flexibility index (Phi) is 6.85. The van der Waals surface area contributed by atoms with Crippen LogP contribution < -0.4 is 5.32 Å². The molecule has 0 spiro atoms. The van der Waals surface area contributed by atoms with Gasteiger partial charge in [0.2, 0.25) is 5.91 Å². The molecule has 1 saturated heterocycles. The summed E-state index contributed by atoms with van der Waals surface area (Å²) in [5, 5.41) is 5.74. The number of piperazine rings is 1. The molecule has 1 fully saturated rings. The van der Waals surface area contributed by atoms with Crippen molar-refractivity contribution in [3.63, 3.8) is 0 Å². The second kappa shape index (κ2) is 9.94. The average molecular weight is 436 g/mol. The zero-order valence-electron chi connectivity index (χ0n) is 17.4. The van der Waals surface area contributed by atoms with Gasteiger partial charge in [0.1, 0.15) is 0 Å². The van der Waals surface area contributed by atoms with Crippen molar-refractivity contribution in [3.05, 3.63) is 82.9 Å². The van der Waals surface area contributed by atoms with Gasteiger partial charge in [0, 0.05) is 45.7 Å². The van der Waals surface area contributed by atoms with Gasteiger partial charge in [-0.3, -0.25) is 14.5 Å². The standard InChI is InChI=1S/C25H26ClN3O2/c26-23-11-4-3-10-22(23)25(31)27-13-12-24(30)29-16-14-28(15-17-29)18-20-8-5-7-19-6-1-2-9-21(19)20/h1-11H,12-18H2,(H,27,31). The Morgan fingerprint density at radius 3 is 2.39 bits per heavy atom. The third kappa shape index (κ3) is 5.24. The molecule has 2 amide bonds. The highest BCUT2D eigenvalue weighted by molar-refractivity contribution is 6.33. The number of benzene rings is 3. The quantitative estimate of drug-likeness (QED) is 0.637. The van der Waals surface area contributed by atoms with Gasteiger partial charge in [-0.05, 0) is 28.5 Å². The van der Waals surface area contributed by atoms with Crippen molar-refractivity contribution in [3.8, 4) is 0 Å². The smallest absolute Gasteiger partial charge is 0.252 e. The molecule has 0 aliphatic carbocycles. The van der Waals surface area contributed by atoms with E-state index < -0.39 is 0 Å². The highest BCUT2D eigenvalue weighted by atomic mass is 35.5. The maximum absolute atomic E-state index is 12.6. The van der Waals surface area contributed by atoms with E-state index in [1.165, 1.54) is 16.3 Å². The van der Waals surface area contributed by atoms with Crippen LogP contribution in [0.3, 0.4) is 0 Å². The van der Waals surface area contributed by atoms with E-state index in [1.54, 1.807) is 24.3 Å². The van der Waals surface area contributed by atoms with Crippen molar-refractivity contribution in [2.75, 3.05) is 32.7 Å². The lowest BCUT2D eigenvalue weighted by Crippen LogP contribution is -2.48. The number of carbonyl (C=O) groups excluding carboxylic acids is 2. The van der Waals surface area contributed by atoms with Gasteiger partial charge in [-0.2, -0.15) is 0 Å². The Bertz CT molecular complexity index is 1070. The SMILES string of the molecule is O=C(NCCC(=O)N1CCN(Cc2cccc3ccccc23)CC1)c1ccccc1Cl. The summed E-state index contributed by atoms with van der Waals surface area (Å²) in [5.74, 6) is -0.178. The van der Waals surface area contributed by atoms with Gasteiger partial charge in [-0.25, -0.2) is 0 Å². The third-order valence-electron chi connectivity index (χ3n) is 5.74. The molecule has 1 aliphatic rings. The van der Waals surface area contributed by atoms with Crippen LogP contribution in [-0.4, -0.2) is 54.3 Å². The van der Waals surface area contributed by atoms with Crippen LogP contribution in [-0.2, 0) is 11.3 Å². The Morgan fingerprint density at radius 2 is 1.58 bits per heavy atom. The van der Waals surface area contributed by atoms with E-state index in [4.69, 9.17) is 11.6 Å². The highest BCUT2D eigenvalue weighted by Gasteiger charge is 2.21. The first-order chi connectivity index (χ1) is 15.1. The Hall–Kier alpha value is -2.89.